The first kappa shape index (κ1) is 25.4. The number of hydrogen-bond acceptors (Lipinski definition) is 4. The Balaban J connectivity index is 2.60. The molecule has 0 saturated heterocycles. The Kier molecular flexibility index (Phi) is 8.48. The van der Waals surface area contributed by atoms with E-state index in [0.717, 1.165) is 35.8 Å². The van der Waals surface area contributed by atoms with E-state index in [1.807, 2.05) is 26.0 Å². The predicted octanol–water partition coefficient (Wildman–Crippen LogP) is 6.03. The number of fused-ring (bicyclic) bond motifs is 1. The van der Waals surface area contributed by atoms with Crippen LogP contribution in [-0.4, -0.2) is 18.2 Å². The van der Waals surface area contributed by atoms with E-state index in [4.69, 9.17) is 9.47 Å². The van der Waals surface area contributed by atoms with Crippen LogP contribution in [0.4, 0.5) is 4.39 Å². The second kappa shape index (κ2) is 10.7. The molecule has 0 spiro atoms. The maximum Gasteiger partial charge on any atom is 0.131 e. The third kappa shape index (κ3) is 6.59. The molecule has 0 aliphatic carbocycles. The largest absolute Gasteiger partial charge is 0.545 e. The molecule has 0 saturated carbocycles. The van der Waals surface area contributed by atoms with E-state index in [2.05, 4.69) is 26.8 Å². The number of aliphatic carboxylic acids is 1. The van der Waals surface area contributed by atoms with Crippen LogP contribution in [0.3, 0.4) is 0 Å². The summed E-state index contributed by atoms with van der Waals surface area (Å²) in [5, 5.41) is 10.7. The fourth-order valence-electron chi connectivity index (χ4n) is 3.55. The fraction of sp³-hybridized carbons (Fsp3) is 0.444. The van der Waals surface area contributed by atoms with Crippen LogP contribution in [-0.2, 0) is 4.79 Å². The van der Waals surface area contributed by atoms with Gasteiger partial charge in [0, 0.05) is 17.2 Å². The van der Waals surface area contributed by atoms with Gasteiger partial charge in [0.05, 0.1) is 12.6 Å². The molecule has 1 heterocycles. The SMILES string of the molecule is CCCCOc1cc2c(cc1\C(C)=C(F)/C=C/C(C)=C/C(=O)[O-])C(C(C)C)=CC(C)(C)O2. The van der Waals surface area contributed by atoms with E-state index in [1.54, 1.807) is 13.8 Å². The average molecular weight is 442 g/mol. The number of rotatable bonds is 9. The van der Waals surface area contributed by atoms with E-state index in [0.29, 0.717) is 29.1 Å². The molecule has 174 valence electrons. The zero-order valence-corrected chi connectivity index (χ0v) is 20.2. The van der Waals surface area contributed by atoms with Crippen LogP contribution in [0.5, 0.6) is 11.5 Å². The molecular formula is C27H34FO4-. The second-order valence-electron chi connectivity index (χ2n) is 9.02. The maximum atomic E-state index is 15.1. The number of allylic oxidation sites excluding steroid dienone is 6. The molecule has 32 heavy (non-hydrogen) atoms. The summed E-state index contributed by atoms with van der Waals surface area (Å²) in [7, 11) is 0. The van der Waals surface area contributed by atoms with Gasteiger partial charge in [-0.15, -0.1) is 0 Å². The topological polar surface area (TPSA) is 58.6 Å². The second-order valence-corrected chi connectivity index (χ2v) is 9.02. The van der Waals surface area contributed by atoms with E-state index < -0.39 is 17.4 Å². The Bertz CT molecular complexity index is 978. The van der Waals surface area contributed by atoms with Gasteiger partial charge in [-0.25, -0.2) is 4.39 Å². The lowest BCUT2D eigenvalue weighted by molar-refractivity contribution is -0.297. The molecule has 0 N–H and O–H groups in total. The highest BCUT2D eigenvalue weighted by Crippen LogP contribution is 2.44. The van der Waals surface area contributed by atoms with Crippen LogP contribution in [0, 0.1) is 5.92 Å². The Morgan fingerprint density at radius 3 is 2.53 bits per heavy atom. The third-order valence-electron chi connectivity index (χ3n) is 5.25. The van der Waals surface area contributed by atoms with Crippen LogP contribution in [0.25, 0.3) is 11.1 Å². The van der Waals surface area contributed by atoms with Gasteiger partial charge < -0.3 is 19.4 Å². The number of carboxylic acid groups (broad SMARTS) is 1. The molecule has 0 amide bonds. The number of carbonyl (C=O) groups is 1. The first-order valence-corrected chi connectivity index (χ1v) is 11.1. The average Bonchev–Trinajstić information content (AvgIpc) is 2.69. The summed E-state index contributed by atoms with van der Waals surface area (Å²) in [6, 6.07) is 3.80. The summed E-state index contributed by atoms with van der Waals surface area (Å²) in [5.41, 5.74) is 3.08. The van der Waals surface area contributed by atoms with Crippen molar-refractivity contribution in [3.63, 3.8) is 0 Å². The fourth-order valence-corrected chi connectivity index (χ4v) is 3.55. The van der Waals surface area contributed by atoms with Crippen molar-refractivity contribution in [3.8, 4) is 11.5 Å². The molecule has 1 aliphatic heterocycles. The van der Waals surface area contributed by atoms with Crippen LogP contribution >= 0.6 is 0 Å². The molecule has 0 atom stereocenters. The monoisotopic (exact) mass is 441 g/mol. The van der Waals surface area contributed by atoms with Gasteiger partial charge in [0.15, 0.2) is 0 Å². The van der Waals surface area contributed by atoms with Gasteiger partial charge in [0.1, 0.15) is 22.9 Å². The van der Waals surface area contributed by atoms with Crippen molar-refractivity contribution in [2.45, 2.75) is 66.9 Å². The summed E-state index contributed by atoms with van der Waals surface area (Å²) < 4.78 is 27.3. The Labute approximate surface area is 191 Å². The van der Waals surface area contributed by atoms with Gasteiger partial charge in [-0.3, -0.25) is 0 Å². The molecule has 1 aromatic carbocycles. The van der Waals surface area contributed by atoms with Gasteiger partial charge in [-0.2, -0.15) is 0 Å². The Morgan fingerprint density at radius 1 is 1.25 bits per heavy atom. The highest BCUT2D eigenvalue weighted by atomic mass is 19.1. The molecule has 0 bridgehead atoms. The first-order chi connectivity index (χ1) is 14.9. The number of unbranched alkanes of at least 4 members (excludes halogenated alkanes) is 1. The zero-order chi connectivity index (χ0) is 24.1. The molecule has 1 aliphatic rings. The van der Waals surface area contributed by atoms with E-state index in [-0.39, 0.29) is 5.92 Å². The van der Waals surface area contributed by atoms with E-state index in [9.17, 15) is 9.90 Å². The highest BCUT2D eigenvalue weighted by molar-refractivity contribution is 5.82. The van der Waals surface area contributed by atoms with E-state index >= 15 is 4.39 Å². The normalized spacial score (nSPS) is 16.4. The number of hydrogen-bond donors (Lipinski definition) is 0. The molecule has 0 fully saturated rings. The number of halogens is 1. The first-order valence-electron chi connectivity index (χ1n) is 11.1. The minimum absolute atomic E-state index is 0.267. The minimum atomic E-state index is -1.31. The molecule has 2 rings (SSSR count). The molecule has 0 aromatic heterocycles. The van der Waals surface area contributed by atoms with Crippen molar-refractivity contribution < 1.29 is 23.8 Å². The molecule has 4 nitrogen and oxygen atoms in total. The van der Waals surface area contributed by atoms with Gasteiger partial charge in [-0.1, -0.05) is 33.3 Å². The molecule has 1 aromatic rings. The summed E-state index contributed by atoms with van der Waals surface area (Å²) in [6.07, 6.45) is 7.59. The van der Waals surface area contributed by atoms with Gasteiger partial charge in [0.25, 0.3) is 0 Å². The van der Waals surface area contributed by atoms with Crippen molar-refractivity contribution in [3.05, 3.63) is 59.0 Å². The summed E-state index contributed by atoms with van der Waals surface area (Å²) in [6.45, 7) is 14.2. The van der Waals surface area contributed by atoms with Crippen molar-refractivity contribution in [2.24, 2.45) is 5.92 Å². The van der Waals surface area contributed by atoms with Crippen molar-refractivity contribution in [2.75, 3.05) is 6.61 Å². The molecule has 5 heteroatoms. The smallest absolute Gasteiger partial charge is 0.131 e. The third-order valence-corrected chi connectivity index (χ3v) is 5.25. The summed E-state index contributed by atoms with van der Waals surface area (Å²) in [5.74, 6) is -0.217. The predicted molar refractivity (Wildman–Crippen MR) is 126 cm³/mol. The standard InChI is InChI=1S/C27H35FO4/c1-8-9-12-31-24-15-25-21(22(17(2)3)16-27(6,7)32-25)14-20(24)19(5)23(28)11-10-18(4)13-26(29)30/h10-11,13-17H,8-9,12H2,1-7H3,(H,29,30)/p-1/b11-10+,18-13+,23-19+. The lowest BCUT2D eigenvalue weighted by atomic mass is 9.86. The van der Waals surface area contributed by atoms with Crippen LogP contribution < -0.4 is 14.6 Å². The van der Waals surface area contributed by atoms with Gasteiger partial charge in [-0.05, 0) is 81.0 Å². The lowest BCUT2D eigenvalue weighted by Gasteiger charge is -2.33. The zero-order valence-electron chi connectivity index (χ0n) is 20.2. The number of benzene rings is 1. The Hall–Kier alpha value is -2.82. The highest BCUT2D eigenvalue weighted by Gasteiger charge is 2.29. The number of ether oxygens (including phenoxy) is 2. The van der Waals surface area contributed by atoms with E-state index in [1.165, 1.54) is 12.2 Å². The lowest BCUT2D eigenvalue weighted by Crippen LogP contribution is -2.30. The molecular weight excluding hydrogens is 407 g/mol. The van der Waals surface area contributed by atoms with Crippen LogP contribution in [0.2, 0.25) is 0 Å². The van der Waals surface area contributed by atoms with Crippen molar-refractivity contribution >= 4 is 17.1 Å². The van der Waals surface area contributed by atoms with Crippen LogP contribution in [0.1, 0.15) is 72.4 Å². The van der Waals surface area contributed by atoms with Crippen molar-refractivity contribution in [1.82, 2.24) is 0 Å². The summed E-state index contributed by atoms with van der Waals surface area (Å²) >= 11 is 0. The van der Waals surface area contributed by atoms with Crippen molar-refractivity contribution in [1.29, 1.82) is 0 Å². The van der Waals surface area contributed by atoms with Gasteiger partial charge >= 0.3 is 0 Å². The number of carboxylic acids is 1. The van der Waals surface area contributed by atoms with Gasteiger partial charge in [0.2, 0.25) is 0 Å². The molecule has 0 unspecified atom stereocenters. The minimum Gasteiger partial charge on any atom is -0.545 e. The molecule has 0 radical (unpaired) electrons. The Morgan fingerprint density at radius 2 is 1.94 bits per heavy atom. The summed E-state index contributed by atoms with van der Waals surface area (Å²) in [4.78, 5) is 10.7. The maximum absolute atomic E-state index is 15.1. The van der Waals surface area contributed by atoms with Crippen LogP contribution in [0.15, 0.2) is 47.8 Å². The quantitative estimate of drug-likeness (QED) is 0.267. The number of carbonyl (C=O) groups excluding carboxylic acids is 1.